The third kappa shape index (κ3) is 2.91. The van der Waals surface area contributed by atoms with E-state index in [1.165, 1.54) is 24.3 Å². The number of carbonyl (C=O) groups excluding carboxylic acids is 3. The number of ether oxygens (including phenoxy) is 1. The maximum absolute atomic E-state index is 12.1. The first-order chi connectivity index (χ1) is 11.1. The third-order valence-electron chi connectivity index (χ3n) is 3.49. The van der Waals surface area contributed by atoms with Crippen molar-refractivity contribution in [2.75, 3.05) is 6.54 Å². The fourth-order valence-corrected chi connectivity index (χ4v) is 2.34. The van der Waals surface area contributed by atoms with Crippen molar-refractivity contribution in [3.63, 3.8) is 0 Å². The number of benzene rings is 2. The Morgan fingerprint density at radius 3 is 2.09 bits per heavy atom. The number of imide groups is 1. The summed E-state index contributed by atoms with van der Waals surface area (Å²) in [6.07, 6.45) is -0.105. The highest BCUT2D eigenvalue weighted by Crippen LogP contribution is 2.22. The number of esters is 1. The van der Waals surface area contributed by atoms with Gasteiger partial charge < -0.3 is 9.84 Å². The van der Waals surface area contributed by atoms with E-state index in [-0.39, 0.29) is 24.5 Å². The summed E-state index contributed by atoms with van der Waals surface area (Å²) < 4.78 is 5.08. The van der Waals surface area contributed by atoms with Crippen LogP contribution in [0.25, 0.3) is 0 Å². The van der Waals surface area contributed by atoms with E-state index in [0.29, 0.717) is 11.1 Å². The van der Waals surface area contributed by atoms with Crippen LogP contribution in [-0.4, -0.2) is 34.3 Å². The predicted molar refractivity (Wildman–Crippen MR) is 80.2 cm³/mol. The second-order valence-electron chi connectivity index (χ2n) is 5.03. The lowest BCUT2D eigenvalue weighted by atomic mass is 10.1. The fraction of sp³-hybridized carbons (Fsp3) is 0.118. The Balaban J connectivity index is 1.61. The fourth-order valence-electron chi connectivity index (χ4n) is 2.34. The lowest BCUT2D eigenvalue weighted by Crippen LogP contribution is -2.32. The summed E-state index contributed by atoms with van der Waals surface area (Å²) in [6.45, 7) is -0.0384. The molecule has 1 aliphatic heterocycles. The second kappa shape index (κ2) is 5.92. The summed E-state index contributed by atoms with van der Waals surface area (Å²) in [7, 11) is 0. The van der Waals surface area contributed by atoms with Gasteiger partial charge in [-0.15, -0.1) is 0 Å². The van der Waals surface area contributed by atoms with Gasteiger partial charge in [0.15, 0.2) is 0 Å². The minimum absolute atomic E-state index is 0.0384. The van der Waals surface area contributed by atoms with Crippen LogP contribution in [0.4, 0.5) is 0 Å². The van der Waals surface area contributed by atoms with E-state index in [0.717, 1.165) is 4.90 Å². The molecule has 0 atom stereocenters. The standard InChI is InChI=1S/C17H13NO5/c19-11-5-7-12(8-6-11)23-15(20)9-10-18-16(21)13-3-1-2-4-14(13)17(18)22/h1-8,19H,9-10H2. The third-order valence-corrected chi connectivity index (χ3v) is 3.49. The number of amides is 2. The molecular formula is C17H13NO5. The number of aromatic hydroxyl groups is 1. The average molecular weight is 311 g/mol. The highest BCUT2D eigenvalue weighted by molar-refractivity contribution is 6.21. The van der Waals surface area contributed by atoms with Gasteiger partial charge in [0.2, 0.25) is 0 Å². The number of nitrogens with zero attached hydrogens (tertiary/aromatic N) is 1. The Bertz CT molecular complexity index is 747. The van der Waals surface area contributed by atoms with Crippen LogP contribution in [0, 0.1) is 0 Å². The number of phenols is 1. The molecule has 0 spiro atoms. The number of fused-ring (bicyclic) bond motifs is 1. The smallest absolute Gasteiger partial charge is 0.312 e. The van der Waals surface area contributed by atoms with E-state index in [1.807, 2.05) is 0 Å². The number of phenolic OH excluding ortho intramolecular Hbond substituents is 1. The highest BCUT2D eigenvalue weighted by atomic mass is 16.5. The Hall–Kier alpha value is -3.15. The van der Waals surface area contributed by atoms with Gasteiger partial charge >= 0.3 is 5.97 Å². The Kier molecular flexibility index (Phi) is 3.80. The molecule has 0 aromatic heterocycles. The molecule has 0 saturated carbocycles. The van der Waals surface area contributed by atoms with Crippen molar-refractivity contribution in [1.82, 2.24) is 4.90 Å². The van der Waals surface area contributed by atoms with Crippen molar-refractivity contribution in [2.45, 2.75) is 6.42 Å². The molecule has 0 radical (unpaired) electrons. The van der Waals surface area contributed by atoms with E-state index in [4.69, 9.17) is 9.84 Å². The van der Waals surface area contributed by atoms with E-state index in [1.54, 1.807) is 24.3 Å². The molecule has 0 saturated heterocycles. The molecule has 2 amide bonds. The van der Waals surface area contributed by atoms with Crippen molar-refractivity contribution >= 4 is 17.8 Å². The van der Waals surface area contributed by atoms with Crippen LogP contribution in [-0.2, 0) is 4.79 Å². The normalized spacial score (nSPS) is 13.1. The van der Waals surface area contributed by atoms with Crippen LogP contribution >= 0.6 is 0 Å². The van der Waals surface area contributed by atoms with E-state index < -0.39 is 17.8 Å². The summed E-state index contributed by atoms with van der Waals surface area (Å²) >= 11 is 0. The molecule has 23 heavy (non-hydrogen) atoms. The van der Waals surface area contributed by atoms with E-state index >= 15 is 0 Å². The highest BCUT2D eigenvalue weighted by Gasteiger charge is 2.35. The molecule has 2 aromatic carbocycles. The first kappa shape index (κ1) is 14.8. The Morgan fingerprint density at radius 1 is 0.957 bits per heavy atom. The van der Waals surface area contributed by atoms with Gasteiger partial charge in [0, 0.05) is 6.54 Å². The molecule has 6 nitrogen and oxygen atoms in total. The molecule has 1 aliphatic rings. The van der Waals surface area contributed by atoms with E-state index in [2.05, 4.69) is 0 Å². The largest absolute Gasteiger partial charge is 0.508 e. The van der Waals surface area contributed by atoms with Gasteiger partial charge in [-0.05, 0) is 36.4 Å². The van der Waals surface area contributed by atoms with Gasteiger partial charge in [-0.2, -0.15) is 0 Å². The van der Waals surface area contributed by atoms with Crippen LogP contribution in [0.3, 0.4) is 0 Å². The minimum atomic E-state index is -0.563. The average Bonchev–Trinajstić information content (AvgIpc) is 2.80. The maximum Gasteiger partial charge on any atom is 0.312 e. The van der Waals surface area contributed by atoms with Crippen molar-refractivity contribution in [3.05, 3.63) is 59.7 Å². The molecule has 2 aromatic rings. The van der Waals surface area contributed by atoms with Crippen LogP contribution in [0.1, 0.15) is 27.1 Å². The first-order valence-corrected chi connectivity index (χ1v) is 7.01. The van der Waals surface area contributed by atoms with Gasteiger partial charge in [-0.1, -0.05) is 12.1 Å². The number of carbonyl (C=O) groups is 3. The monoisotopic (exact) mass is 311 g/mol. The van der Waals surface area contributed by atoms with Gasteiger partial charge in [-0.3, -0.25) is 19.3 Å². The quantitative estimate of drug-likeness (QED) is 0.530. The van der Waals surface area contributed by atoms with Crippen molar-refractivity contribution in [2.24, 2.45) is 0 Å². The minimum Gasteiger partial charge on any atom is -0.508 e. The molecule has 0 fully saturated rings. The molecule has 1 heterocycles. The lowest BCUT2D eigenvalue weighted by molar-refractivity contribution is -0.134. The van der Waals surface area contributed by atoms with Crippen molar-refractivity contribution in [1.29, 1.82) is 0 Å². The molecule has 116 valence electrons. The van der Waals surface area contributed by atoms with Gasteiger partial charge in [0.05, 0.1) is 17.5 Å². The van der Waals surface area contributed by atoms with Gasteiger partial charge in [0.25, 0.3) is 11.8 Å². The molecule has 0 bridgehead atoms. The van der Waals surface area contributed by atoms with Crippen LogP contribution in [0.2, 0.25) is 0 Å². The number of rotatable bonds is 4. The molecule has 3 rings (SSSR count). The second-order valence-corrected chi connectivity index (χ2v) is 5.03. The molecule has 0 unspecified atom stereocenters. The molecule has 0 aliphatic carbocycles. The van der Waals surface area contributed by atoms with E-state index in [9.17, 15) is 14.4 Å². The summed E-state index contributed by atoms with van der Waals surface area (Å²) in [5.41, 5.74) is 0.703. The zero-order chi connectivity index (χ0) is 16.4. The predicted octanol–water partition coefficient (Wildman–Crippen LogP) is 1.98. The topological polar surface area (TPSA) is 83.9 Å². The zero-order valence-corrected chi connectivity index (χ0v) is 12.1. The SMILES string of the molecule is O=C(CCN1C(=O)c2ccccc2C1=O)Oc1ccc(O)cc1. The molecule has 6 heteroatoms. The van der Waals surface area contributed by atoms with Gasteiger partial charge in [0.1, 0.15) is 11.5 Å². The number of hydrogen-bond donors (Lipinski definition) is 1. The summed E-state index contributed by atoms with van der Waals surface area (Å²) in [6, 6.07) is 12.2. The summed E-state index contributed by atoms with van der Waals surface area (Å²) in [5.74, 6) is -1.01. The first-order valence-electron chi connectivity index (χ1n) is 7.01. The van der Waals surface area contributed by atoms with Crippen LogP contribution in [0.5, 0.6) is 11.5 Å². The molecule has 1 N–H and O–H groups in total. The van der Waals surface area contributed by atoms with Gasteiger partial charge in [-0.25, -0.2) is 0 Å². The van der Waals surface area contributed by atoms with Crippen molar-refractivity contribution < 1.29 is 24.2 Å². The van der Waals surface area contributed by atoms with Crippen LogP contribution in [0.15, 0.2) is 48.5 Å². The summed E-state index contributed by atoms with van der Waals surface area (Å²) in [5, 5.41) is 9.16. The van der Waals surface area contributed by atoms with Crippen LogP contribution < -0.4 is 4.74 Å². The zero-order valence-electron chi connectivity index (χ0n) is 12.1. The van der Waals surface area contributed by atoms with Crippen molar-refractivity contribution in [3.8, 4) is 11.5 Å². The Morgan fingerprint density at radius 2 is 1.52 bits per heavy atom. The molecular weight excluding hydrogens is 298 g/mol. The summed E-state index contributed by atoms with van der Waals surface area (Å²) in [4.78, 5) is 37.1. The number of hydrogen-bond acceptors (Lipinski definition) is 5. The lowest BCUT2D eigenvalue weighted by Gasteiger charge is -2.13. The Labute approximate surface area is 131 Å². The maximum atomic E-state index is 12.1.